The standard InChI is InChI=1S/C39H45F2N7O5/c1-4-25-27(40)9-7-21-14-24(49)15-26(30(21)25)33-32(41)34-31-35(48-16-22-8-10-28(42-22)29(48)18-51-36(31)43-33)45-37(44-34)53-20-39(11-12-39)19-47-13-5-6-23(47)17-52-38(50)46(2)3/h7,9,14-15,22-23,28-29,42,49H,4-6,8,10-13,16-20H2,1-3H3. The summed E-state index contributed by atoms with van der Waals surface area (Å²) in [5.74, 6) is -0.489. The van der Waals surface area contributed by atoms with Crippen molar-refractivity contribution in [2.24, 2.45) is 5.41 Å². The lowest BCUT2D eigenvalue weighted by atomic mass is 9.94. The fourth-order valence-corrected chi connectivity index (χ4v) is 8.95. The molecule has 3 saturated heterocycles. The van der Waals surface area contributed by atoms with Gasteiger partial charge in [0, 0.05) is 56.3 Å². The first-order valence-corrected chi connectivity index (χ1v) is 18.8. The summed E-state index contributed by atoms with van der Waals surface area (Å²) in [6.45, 7) is 5.24. The highest BCUT2D eigenvalue weighted by atomic mass is 19.1. The van der Waals surface area contributed by atoms with Gasteiger partial charge in [0.15, 0.2) is 5.82 Å². The number of aryl methyl sites for hydroxylation is 1. The van der Waals surface area contributed by atoms with Crippen molar-refractivity contribution >= 4 is 33.6 Å². The molecule has 9 rings (SSSR count). The number of likely N-dealkylation sites (tertiary alicyclic amines) is 1. The molecule has 4 fully saturated rings. The first-order valence-electron chi connectivity index (χ1n) is 18.8. The SMILES string of the molecule is CCc1c(F)ccc2cc(O)cc(-c3nc4c5c(nc(OCC6(CN7CCCC7COC(=O)N(C)C)CC6)nc5c3F)N3CC5CCC(N5)C3CO4)c12. The molecule has 280 valence electrons. The molecule has 4 unspecified atom stereocenters. The van der Waals surface area contributed by atoms with Crippen LogP contribution < -0.4 is 19.7 Å². The maximum atomic E-state index is 17.2. The van der Waals surface area contributed by atoms with Crippen LogP contribution in [0.3, 0.4) is 0 Å². The molecule has 53 heavy (non-hydrogen) atoms. The number of rotatable bonds is 9. The van der Waals surface area contributed by atoms with E-state index in [-0.39, 0.29) is 70.1 Å². The molecule has 2 aromatic heterocycles. The van der Waals surface area contributed by atoms with Gasteiger partial charge < -0.3 is 34.4 Å². The van der Waals surface area contributed by atoms with Crippen molar-refractivity contribution in [2.45, 2.75) is 76.0 Å². The monoisotopic (exact) mass is 729 g/mol. The summed E-state index contributed by atoms with van der Waals surface area (Å²) in [6, 6.07) is 6.52. The molecule has 6 heterocycles. The van der Waals surface area contributed by atoms with Crippen LogP contribution in [0, 0.1) is 17.0 Å². The minimum Gasteiger partial charge on any atom is -0.508 e. The Hall–Kier alpha value is -4.56. The Labute approximate surface area is 306 Å². The van der Waals surface area contributed by atoms with Gasteiger partial charge in [-0.25, -0.2) is 18.6 Å². The number of fused-ring (bicyclic) bond motifs is 6. The summed E-state index contributed by atoms with van der Waals surface area (Å²) in [6.07, 6.45) is 5.97. The van der Waals surface area contributed by atoms with Crippen molar-refractivity contribution < 1.29 is 32.9 Å². The molecule has 2 bridgehead atoms. The van der Waals surface area contributed by atoms with Crippen molar-refractivity contribution in [2.75, 3.05) is 58.5 Å². The van der Waals surface area contributed by atoms with Gasteiger partial charge in [0.1, 0.15) is 47.2 Å². The highest BCUT2D eigenvalue weighted by molar-refractivity contribution is 6.03. The van der Waals surface area contributed by atoms with Gasteiger partial charge in [-0.3, -0.25) is 4.90 Å². The van der Waals surface area contributed by atoms with E-state index in [1.807, 2.05) is 6.92 Å². The highest BCUT2D eigenvalue weighted by Gasteiger charge is 2.48. The maximum absolute atomic E-state index is 17.2. The molecule has 1 aliphatic carbocycles. The van der Waals surface area contributed by atoms with Gasteiger partial charge in [-0.15, -0.1) is 0 Å². The van der Waals surface area contributed by atoms with E-state index < -0.39 is 11.6 Å². The Balaban J connectivity index is 1.10. The Morgan fingerprint density at radius 2 is 1.98 bits per heavy atom. The summed E-state index contributed by atoms with van der Waals surface area (Å²) < 4.78 is 50.8. The van der Waals surface area contributed by atoms with Crippen LogP contribution in [0.5, 0.6) is 17.6 Å². The molecule has 1 amide bonds. The van der Waals surface area contributed by atoms with E-state index in [9.17, 15) is 9.90 Å². The third-order valence-electron chi connectivity index (χ3n) is 12.0. The van der Waals surface area contributed by atoms with Crippen LogP contribution in [0.15, 0.2) is 24.3 Å². The predicted molar refractivity (Wildman–Crippen MR) is 195 cm³/mol. The number of amides is 1. The van der Waals surface area contributed by atoms with Crippen molar-refractivity contribution in [3.63, 3.8) is 0 Å². The van der Waals surface area contributed by atoms with Crippen LogP contribution in [0.25, 0.3) is 32.9 Å². The smallest absolute Gasteiger partial charge is 0.409 e. The molecule has 0 radical (unpaired) electrons. The summed E-state index contributed by atoms with van der Waals surface area (Å²) in [5.41, 5.74) is 0.471. The molecule has 14 heteroatoms. The Kier molecular flexibility index (Phi) is 8.45. The zero-order chi connectivity index (χ0) is 36.6. The van der Waals surface area contributed by atoms with E-state index >= 15 is 8.78 Å². The second kappa shape index (κ2) is 13.1. The number of aromatic nitrogens is 3. The maximum Gasteiger partial charge on any atom is 0.409 e. The molecule has 2 aromatic carbocycles. The number of nitrogens with zero attached hydrogens (tertiary/aromatic N) is 6. The molecule has 5 aliphatic rings. The van der Waals surface area contributed by atoms with Crippen molar-refractivity contribution in [3.8, 4) is 28.9 Å². The van der Waals surface area contributed by atoms with E-state index in [1.54, 1.807) is 26.2 Å². The lowest BCUT2D eigenvalue weighted by molar-refractivity contribution is 0.0748. The number of phenols is 1. The Morgan fingerprint density at radius 3 is 2.77 bits per heavy atom. The summed E-state index contributed by atoms with van der Waals surface area (Å²) in [5, 5.41) is 15.9. The molecule has 0 spiro atoms. The average Bonchev–Trinajstić information content (AvgIpc) is 3.65. The lowest BCUT2D eigenvalue weighted by Crippen LogP contribution is -2.60. The number of hydrogen-bond acceptors (Lipinski definition) is 11. The van der Waals surface area contributed by atoms with Crippen LogP contribution >= 0.6 is 0 Å². The van der Waals surface area contributed by atoms with Gasteiger partial charge in [-0.05, 0) is 86.0 Å². The van der Waals surface area contributed by atoms with Gasteiger partial charge in [0.25, 0.3) is 0 Å². The van der Waals surface area contributed by atoms with Crippen LogP contribution in [0.2, 0.25) is 0 Å². The number of halogens is 2. The number of aromatic hydroxyl groups is 1. The predicted octanol–water partition coefficient (Wildman–Crippen LogP) is 5.41. The molecular formula is C39H45F2N7O5. The molecule has 4 aromatic rings. The second-order valence-corrected chi connectivity index (χ2v) is 15.7. The number of nitrogens with one attached hydrogen (secondary N) is 1. The van der Waals surface area contributed by atoms with Gasteiger partial charge >= 0.3 is 12.1 Å². The highest BCUT2D eigenvalue weighted by Crippen LogP contribution is 2.49. The van der Waals surface area contributed by atoms with Gasteiger partial charge in [-0.1, -0.05) is 13.0 Å². The fourth-order valence-electron chi connectivity index (χ4n) is 8.95. The first kappa shape index (κ1) is 34.2. The zero-order valence-corrected chi connectivity index (χ0v) is 30.3. The van der Waals surface area contributed by atoms with Crippen LogP contribution in [0.1, 0.15) is 51.0 Å². The molecule has 12 nitrogen and oxygen atoms in total. The van der Waals surface area contributed by atoms with E-state index in [4.69, 9.17) is 29.2 Å². The number of anilines is 1. The molecule has 4 atom stereocenters. The van der Waals surface area contributed by atoms with Crippen LogP contribution in [-0.4, -0.2) is 114 Å². The number of hydrogen-bond donors (Lipinski definition) is 2. The van der Waals surface area contributed by atoms with E-state index in [2.05, 4.69) is 15.1 Å². The van der Waals surface area contributed by atoms with Crippen LogP contribution in [0.4, 0.5) is 19.4 Å². The number of ether oxygens (including phenoxy) is 3. The third-order valence-corrected chi connectivity index (χ3v) is 12.0. The van der Waals surface area contributed by atoms with Gasteiger partial charge in [0.05, 0.1) is 12.6 Å². The summed E-state index contributed by atoms with van der Waals surface area (Å²) >= 11 is 0. The van der Waals surface area contributed by atoms with Crippen molar-refractivity contribution in [1.82, 2.24) is 30.1 Å². The van der Waals surface area contributed by atoms with Crippen molar-refractivity contribution in [1.29, 1.82) is 0 Å². The number of piperazine rings is 1. The topological polar surface area (TPSA) is 125 Å². The van der Waals surface area contributed by atoms with E-state index in [1.165, 1.54) is 17.0 Å². The molecule has 1 saturated carbocycles. The number of carbonyl (C=O) groups is 1. The molecular weight excluding hydrogens is 684 g/mol. The minimum absolute atomic E-state index is 0.00892. The van der Waals surface area contributed by atoms with Crippen molar-refractivity contribution in [3.05, 3.63) is 41.5 Å². The normalized spacial score (nSPS) is 24.2. The average molecular weight is 730 g/mol. The largest absolute Gasteiger partial charge is 0.508 e. The summed E-state index contributed by atoms with van der Waals surface area (Å²) in [4.78, 5) is 32.6. The first-order chi connectivity index (χ1) is 25.6. The quantitative estimate of drug-likeness (QED) is 0.230. The second-order valence-electron chi connectivity index (χ2n) is 15.7. The van der Waals surface area contributed by atoms with Gasteiger partial charge in [-0.2, -0.15) is 9.97 Å². The molecule has 4 aliphatic heterocycles. The molecule has 2 N–H and O–H groups in total. The zero-order valence-electron chi connectivity index (χ0n) is 30.3. The number of pyridine rings is 1. The Morgan fingerprint density at radius 1 is 1.13 bits per heavy atom. The van der Waals surface area contributed by atoms with Gasteiger partial charge in [0.2, 0.25) is 5.88 Å². The number of carbonyl (C=O) groups excluding carboxylic acids is 1. The lowest BCUT2D eigenvalue weighted by Gasteiger charge is -2.40. The summed E-state index contributed by atoms with van der Waals surface area (Å²) in [7, 11) is 3.36. The van der Waals surface area contributed by atoms with E-state index in [0.717, 1.165) is 51.6 Å². The Bertz CT molecular complexity index is 2110. The van der Waals surface area contributed by atoms with Crippen LogP contribution in [-0.2, 0) is 11.2 Å². The number of benzene rings is 2. The fraction of sp³-hybridized carbons (Fsp3) is 0.538. The van der Waals surface area contributed by atoms with E-state index in [0.29, 0.717) is 60.3 Å². The third kappa shape index (κ3) is 6.03. The number of phenolic OH excluding ortho intramolecular Hbond substituents is 1. The minimum atomic E-state index is -0.719.